The van der Waals surface area contributed by atoms with Gasteiger partial charge in [0, 0.05) is 17.5 Å². The molecule has 0 bridgehead atoms. The van der Waals surface area contributed by atoms with Gasteiger partial charge in [-0.15, -0.1) is 0 Å². The fraction of sp³-hybridized carbons (Fsp3) is 0.200. The van der Waals surface area contributed by atoms with Gasteiger partial charge >= 0.3 is 0 Å². The first-order valence-corrected chi connectivity index (χ1v) is 12.1. The van der Waals surface area contributed by atoms with Crippen LogP contribution in [0.4, 0.5) is 5.69 Å². The smallest absolute Gasteiger partial charge is 0.266 e. The summed E-state index contributed by atoms with van der Waals surface area (Å²) in [6.07, 6.45) is 2.64. The highest BCUT2D eigenvalue weighted by molar-refractivity contribution is 8.18. The van der Waals surface area contributed by atoms with E-state index in [9.17, 15) is 4.79 Å². The number of benzene rings is 2. The summed E-state index contributed by atoms with van der Waals surface area (Å²) in [5.41, 5.74) is 0.783. The number of nitrogens with zero attached hydrogens (tertiary/aromatic N) is 2. The molecule has 1 aliphatic heterocycles. The second-order valence-electron chi connectivity index (χ2n) is 6.96. The van der Waals surface area contributed by atoms with Gasteiger partial charge in [-0.25, -0.2) is 4.99 Å². The lowest BCUT2D eigenvalue weighted by molar-refractivity contribution is -0.122. The van der Waals surface area contributed by atoms with Gasteiger partial charge in [0.2, 0.25) is 0 Å². The summed E-state index contributed by atoms with van der Waals surface area (Å²) in [4.78, 5) is 21.2. The molecule has 1 fully saturated rings. The minimum atomic E-state index is -0.0461. The average molecular weight is 465 g/mol. The maximum Gasteiger partial charge on any atom is 0.266 e. The number of hydrogen-bond acceptors (Lipinski definition) is 6. The number of amidine groups is 1. The van der Waals surface area contributed by atoms with Crippen LogP contribution in [-0.4, -0.2) is 29.1 Å². The Morgan fingerprint density at radius 1 is 1.06 bits per heavy atom. The van der Waals surface area contributed by atoms with E-state index >= 15 is 0 Å². The highest BCUT2D eigenvalue weighted by Gasteiger charge is 2.33. The van der Waals surface area contributed by atoms with E-state index in [4.69, 9.17) is 14.1 Å². The Kier molecular flexibility index (Phi) is 7.39. The first-order valence-electron chi connectivity index (χ1n) is 10.5. The van der Waals surface area contributed by atoms with Crippen LogP contribution in [-0.2, 0) is 4.79 Å². The van der Waals surface area contributed by atoms with Crippen molar-refractivity contribution < 1.29 is 13.9 Å². The third-order valence-electron chi connectivity index (χ3n) is 4.54. The van der Waals surface area contributed by atoms with Crippen molar-refractivity contribution in [3.05, 3.63) is 77.4 Å². The number of furan rings is 1. The van der Waals surface area contributed by atoms with E-state index in [0.717, 1.165) is 27.8 Å². The van der Waals surface area contributed by atoms with Crippen LogP contribution >= 0.6 is 23.5 Å². The quantitative estimate of drug-likeness (QED) is 0.342. The summed E-state index contributed by atoms with van der Waals surface area (Å²) in [6, 6.07) is 21.4. The van der Waals surface area contributed by atoms with Crippen molar-refractivity contribution >= 4 is 46.4 Å². The molecule has 2 aromatic carbocycles. The van der Waals surface area contributed by atoms with Crippen LogP contribution < -0.4 is 4.74 Å². The predicted molar refractivity (Wildman–Crippen MR) is 132 cm³/mol. The molecule has 1 amide bonds. The summed E-state index contributed by atoms with van der Waals surface area (Å²) < 4.78 is 11.4. The lowest BCUT2D eigenvalue weighted by Crippen LogP contribution is -2.29. The number of aliphatic imine (C=N–C) groups is 1. The molecular weight excluding hydrogens is 440 g/mol. The zero-order valence-corrected chi connectivity index (χ0v) is 19.6. The van der Waals surface area contributed by atoms with Crippen LogP contribution in [0, 0.1) is 0 Å². The van der Waals surface area contributed by atoms with Gasteiger partial charge in [-0.05, 0) is 73.6 Å². The van der Waals surface area contributed by atoms with Crippen molar-refractivity contribution in [2.75, 3.05) is 13.2 Å². The normalized spacial score (nSPS) is 16.3. The van der Waals surface area contributed by atoms with E-state index < -0.39 is 0 Å². The Morgan fingerprint density at radius 3 is 2.56 bits per heavy atom. The van der Waals surface area contributed by atoms with E-state index in [1.54, 1.807) is 22.7 Å². The van der Waals surface area contributed by atoms with E-state index in [2.05, 4.69) is 0 Å². The lowest BCUT2D eigenvalue weighted by Gasteiger charge is -2.14. The molecule has 0 N–H and O–H groups in total. The van der Waals surface area contributed by atoms with Gasteiger partial charge in [-0.2, -0.15) is 0 Å². The second kappa shape index (κ2) is 10.6. The summed E-state index contributed by atoms with van der Waals surface area (Å²) in [7, 11) is 0. The van der Waals surface area contributed by atoms with Crippen molar-refractivity contribution in [2.24, 2.45) is 4.99 Å². The van der Waals surface area contributed by atoms with Gasteiger partial charge < -0.3 is 9.15 Å². The molecular formula is C25H24N2O3S2. The van der Waals surface area contributed by atoms with Crippen LogP contribution in [0.1, 0.15) is 26.0 Å². The number of thioether (sulfide) groups is 1. The molecule has 164 valence electrons. The Morgan fingerprint density at radius 2 is 1.84 bits per heavy atom. The standard InChI is InChI=1S/C25H24N2O3S2/c1-3-16-27-24(28)22(32-25(27)26-18-10-12-19(13-11-18)29-4-2)17-20-14-15-23(30-20)31-21-8-6-5-7-9-21/h5-15,17H,3-4,16H2,1-2H3/b22-17+,26-25?. The number of rotatable bonds is 8. The molecule has 3 aromatic rings. The number of carbonyl (C=O) groups is 1. The third kappa shape index (κ3) is 5.47. The molecule has 2 heterocycles. The summed E-state index contributed by atoms with van der Waals surface area (Å²) in [5, 5.41) is 1.46. The fourth-order valence-corrected chi connectivity index (χ4v) is 4.91. The van der Waals surface area contributed by atoms with Gasteiger partial charge in [-0.3, -0.25) is 9.69 Å². The van der Waals surface area contributed by atoms with Gasteiger partial charge in [-0.1, -0.05) is 36.9 Å². The van der Waals surface area contributed by atoms with Crippen molar-refractivity contribution in [1.29, 1.82) is 0 Å². The first-order chi connectivity index (χ1) is 15.7. The molecule has 0 saturated carbocycles. The molecule has 32 heavy (non-hydrogen) atoms. The van der Waals surface area contributed by atoms with Gasteiger partial charge in [0.25, 0.3) is 5.91 Å². The molecule has 1 saturated heterocycles. The third-order valence-corrected chi connectivity index (χ3v) is 6.48. The summed E-state index contributed by atoms with van der Waals surface area (Å²) in [6.45, 7) is 5.24. The van der Waals surface area contributed by atoms with Crippen LogP contribution in [0.3, 0.4) is 0 Å². The minimum absolute atomic E-state index is 0.0461. The predicted octanol–water partition coefficient (Wildman–Crippen LogP) is 6.84. The fourth-order valence-electron chi connectivity index (χ4n) is 3.11. The molecule has 1 aliphatic rings. The van der Waals surface area contributed by atoms with Crippen LogP contribution in [0.25, 0.3) is 6.08 Å². The Balaban J connectivity index is 1.53. The largest absolute Gasteiger partial charge is 0.494 e. The van der Waals surface area contributed by atoms with Crippen LogP contribution in [0.5, 0.6) is 5.75 Å². The number of hydrogen-bond donors (Lipinski definition) is 0. The van der Waals surface area contributed by atoms with Gasteiger partial charge in [0.1, 0.15) is 11.5 Å². The van der Waals surface area contributed by atoms with Crippen molar-refractivity contribution in [1.82, 2.24) is 4.90 Å². The van der Waals surface area contributed by atoms with Crippen LogP contribution in [0.15, 0.2) is 91.0 Å². The van der Waals surface area contributed by atoms with E-state index in [0.29, 0.717) is 29.0 Å². The Hall–Kier alpha value is -2.90. The zero-order valence-electron chi connectivity index (χ0n) is 18.0. The van der Waals surface area contributed by atoms with E-state index in [1.165, 1.54) is 11.8 Å². The highest BCUT2D eigenvalue weighted by Crippen LogP contribution is 2.36. The van der Waals surface area contributed by atoms with E-state index in [1.807, 2.05) is 80.6 Å². The van der Waals surface area contributed by atoms with Crippen LogP contribution in [0.2, 0.25) is 0 Å². The maximum absolute atomic E-state index is 13.0. The molecule has 0 unspecified atom stereocenters. The highest BCUT2D eigenvalue weighted by atomic mass is 32.2. The van der Waals surface area contributed by atoms with Gasteiger partial charge in [0.05, 0.1) is 17.2 Å². The molecule has 4 rings (SSSR count). The molecule has 0 aliphatic carbocycles. The van der Waals surface area contributed by atoms with E-state index in [-0.39, 0.29) is 5.91 Å². The first kappa shape index (κ1) is 22.3. The number of ether oxygens (including phenoxy) is 1. The molecule has 1 aromatic heterocycles. The summed E-state index contributed by atoms with van der Waals surface area (Å²) >= 11 is 2.92. The monoisotopic (exact) mass is 464 g/mol. The summed E-state index contributed by atoms with van der Waals surface area (Å²) in [5.74, 6) is 1.41. The molecule has 0 radical (unpaired) electrons. The minimum Gasteiger partial charge on any atom is -0.494 e. The molecule has 5 nitrogen and oxygen atoms in total. The average Bonchev–Trinajstić information content (AvgIpc) is 3.36. The lowest BCUT2D eigenvalue weighted by atomic mass is 10.3. The maximum atomic E-state index is 13.0. The van der Waals surface area contributed by atoms with Crippen molar-refractivity contribution in [3.63, 3.8) is 0 Å². The zero-order chi connectivity index (χ0) is 22.3. The molecule has 7 heteroatoms. The Labute approximate surface area is 196 Å². The Bertz CT molecular complexity index is 1120. The molecule has 0 atom stereocenters. The number of amides is 1. The topological polar surface area (TPSA) is 55.0 Å². The molecule has 0 spiro atoms. The van der Waals surface area contributed by atoms with Crippen molar-refractivity contribution in [3.8, 4) is 5.75 Å². The SMILES string of the molecule is CCCN1C(=O)/C(=C\c2ccc(Sc3ccccc3)o2)SC1=Nc1ccc(OCC)cc1. The number of carbonyl (C=O) groups excluding carboxylic acids is 1. The van der Waals surface area contributed by atoms with Crippen molar-refractivity contribution in [2.45, 2.75) is 30.3 Å². The second-order valence-corrected chi connectivity index (χ2v) is 9.05. The van der Waals surface area contributed by atoms with Gasteiger partial charge in [0.15, 0.2) is 10.3 Å².